The molecule has 1 unspecified atom stereocenters. The van der Waals surface area contributed by atoms with Crippen molar-refractivity contribution in [2.75, 3.05) is 43.4 Å². The van der Waals surface area contributed by atoms with Gasteiger partial charge in [0.2, 0.25) is 15.2 Å². The molecule has 2 aliphatic rings. The fourth-order valence-electron chi connectivity index (χ4n) is 3.25. The molecule has 0 amide bonds. The Morgan fingerprint density at radius 2 is 2.27 bits per heavy atom. The minimum absolute atomic E-state index is 0.212. The van der Waals surface area contributed by atoms with Gasteiger partial charge in [-0.3, -0.25) is 0 Å². The molecule has 0 bridgehead atoms. The van der Waals surface area contributed by atoms with Crippen molar-refractivity contribution in [3.05, 3.63) is 5.51 Å². The van der Waals surface area contributed by atoms with Crippen LogP contribution in [0.2, 0.25) is 0 Å². The van der Waals surface area contributed by atoms with E-state index < -0.39 is 15.6 Å². The van der Waals surface area contributed by atoms with Crippen molar-refractivity contribution in [3.63, 3.8) is 0 Å². The number of sulfonamides is 1. The third kappa shape index (κ3) is 3.27. The summed E-state index contributed by atoms with van der Waals surface area (Å²) in [5.41, 5.74) is 1.30. The van der Waals surface area contributed by atoms with Gasteiger partial charge in [-0.25, -0.2) is 8.42 Å². The van der Waals surface area contributed by atoms with E-state index in [9.17, 15) is 8.42 Å². The highest BCUT2D eigenvalue weighted by Crippen LogP contribution is 2.32. The van der Waals surface area contributed by atoms with E-state index in [2.05, 4.69) is 15.1 Å². The Bertz CT molecular complexity index is 588. The molecule has 2 saturated heterocycles. The summed E-state index contributed by atoms with van der Waals surface area (Å²) in [4.78, 5) is 2.16. The highest BCUT2D eigenvalue weighted by molar-refractivity contribution is 7.89. The topological polar surface area (TPSA) is 75.6 Å². The number of piperidine rings is 1. The fraction of sp³-hybridized carbons (Fsp3) is 0.846. The maximum Gasteiger partial charge on any atom is 0.214 e. The molecule has 9 heteroatoms. The molecule has 3 heterocycles. The van der Waals surface area contributed by atoms with Crippen LogP contribution in [0, 0.1) is 0 Å². The zero-order chi connectivity index (χ0) is 15.6. The quantitative estimate of drug-likeness (QED) is 0.808. The van der Waals surface area contributed by atoms with Crippen LogP contribution >= 0.6 is 11.3 Å². The van der Waals surface area contributed by atoms with E-state index in [1.165, 1.54) is 11.3 Å². The number of hydrogen-bond acceptors (Lipinski definition) is 7. The maximum absolute atomic E-state index is 12.4. The van der Waals surface area contributed by atoms with Crippen LogP contribution in [0.15, 0.2) is 5.51 Å². The minimum atomic E-state index is -3.17. The van der Waals surface area contributed by atoms with Crippen LogP contribution in [-0.4, -0.2) is 67.1 Å². The summed E-state index contributed by atoms with van der Waals surface area (Å²) in [7, 11) is -3.17. The average molecular weight is 346 g/mol. The molecule has 1 spiro atoms. The van der Waals surface area contributed by atoms with Gasteiger partial charge in [-0.15, -0.1) is 10.2 Å². The summed E-state index contributed by atoms with van der Waals surface area (Å²) in [6, 6.07) is 0. The summed E-state index contributed by atoms with van der Waals surface area (Å²) in [6.07, 6.45) is 2.51. The van der Waals surface area contributed by atoms with E-state index in [4.69, 9.17) is 4.74 Å². The van der Waals surface area contributed by atoms with E-state index in [-0.39, 0.29) is 5.75 Å². The number of nitrogens with zero attached hydrogens (tertiary/aromatic N) is 4. The van der Waals surface area contributed by atoms with Crippen molar-refractivity contribution in [3.8, 4) is 0 Å². The van der Waals surface area contributed by atoms with E-state index in [0.29, 0.717) is 32.7 Å². The van der Waals surface area contributed by atoms with Crippen LogP contribution in [0.25, 0.3) is 0 Å². The molecule has 2 fully saturated rings. The standard InChI is InChI=1S/C13H22N4O3S2/c1-2-8-22(18,19)17-6-7-20-13(10-17)4-3-5-16(9-13)12-15-14-11-21-12/h11H,2-10H2,1H3. The largest absolute Gasteiger partial charge is 0.370 e. The monoisotopic (exact) mass is 346 g/mol. The van der Waals surface area contributed by atoms with Gasteiger partial charge >= 0.3 is 0 Å². The normalized spacial score (nSPS) is 27.4. The summed E-state index contributed by atoms with van der Waals surface area (Å²) >= 11 is 1.51. The number of hydrogen-bond donors (Lipinski definition) is 0. The van der Waals surface area contributed by atoms with Gasteiger partial charge in [0.1, 0.15) is 5.51 Å². The van der Waals surface area contributed by atoms with Gasteiger partial charge < -0.3 is 9.64 Å². The van der Waals surface area contributed by atoms with Gasteiger partial charge in [0.15, 0.2) is 0 Å². The highest BCUT2D eigenvalue weighted by atomic mass is 32.2. The SMILES string of the molecule is CCCS(=O)(=O)N1CCOC2(CCCN(c3nncs3)C2)C1. The van der Waals surface area contributed by atoms with Crippen LogP contribution in [0.1, 0.15) is 26.2 Å². The van der Waals surface area contributed by atoms with Crippen molar-refractivity contribution < 1.29 is 13.2 Å². The Morgan fingerprint density at radius 1 is 1.41 bits per heavy atom. The molecule has 1 aromatic rings. The second kappa shape index (κ2) is 6.38. The van der Waals surface area contributed by atoms with E-state index in [1.807, 2.05) is 6.92 Å². The molecular weight excluding hydrogens is 324 g/mol. The average Bonchev–Trinajstić information content (AvgIpc) is 3.01. The fourth-order valence-corrected chi connectivity index (χ4v) is 5.39. The lowest BCUT2D eigenvalue weighted by molar-refractivity contribution is -0.0950. The lowest BCUT2D eigenvalue weighted by Gasteiger charge is -2.47. The predicted molar refractivity (Wildman–Crippen MR) is 85.7 cm³/mol. The summed E-state index contributed by atoms with van der Waals surface area (Å²) in [6.45, 7) is 4.87. The van der Waals surface area contributed by atoms with Gasteiger partial charge in [-0.2, -0.15) is 4.31 Å². The molecular formula is C13H22N4O3S2. The molecule has 0 saturated carbocycles. The molecule has 0 aromatic carbocycles. The van der Waals surface area contributed by atoms with Crippen LogP contribution in [0.5, 0.6) is 0 Å². The van der Waals surface area contributed by atoms with Crippen LogP contribution in [-0.2, 0) is 14.8 Å². The Kier molecular flexibility index (Phi) is 4.67. The molecule has 1 aromatic heterocycles. The van der Waals surface area contributed by atoms with Gasteiger partial charge in [0.25, 0.3) is 0 Å². The van der Waals surface area contributed by atoms with Gasteiger partial charge in [0.05, 0.1) is 24.5 Å². The molecule has 0 radical (unpaired) electrons. The molecule has 0 N–H and O–H groups in total. The van der Waals surface area contributed by atoms with Gasteiger partial charge in [0, 0.05) is 19.6 Å². The van der Waals surface area contributed by atoms with Crippen molar-refractivity contribution in [2.45, 2.75) is 31.8 Å². The number of morpholine rings is 1. The van der Waals surface area contributed by atoms with E-state index in [0.717, 1.165) is 24.5 Å². The first kappa shape index (κ1) is 16.1. The third-order valence-corrected chi connectivity index (χ3v) is 7.00. The molecule has 0 aliphatic carbocycles. The van der Waals surface area contributed by atoms with Crippen molar-refractivity contribution >= 4 is 26.5 Å². The first-order valence-corrected chi connectivity index (χ1v) is 10.2. The van der Waals surface area contributed by atoms with Crippen molar-refractivity contribution in [1.29, 1.82) is 0 Å². The minimum Gasteiger partial charge on any atom is -0.370 e. The second-order valence-electron chi connectivity index (χ2n) is 5.93. The van der Waals surface area contributed by atoms with Crippen molar-refractivity contribution in [2.24, 2.45) is 0 Å². The van der Waals surface area contributed by atoms with Crippen LogP contribution in [0.3, 0.4) is 0 Å². The molecule has 124 valence electrons. The van der Waals surface area contributed by atoms with E-state index >= 15 is 0 Å². The number of rotatable bonds is 4. The van der Waals surface area contributed by atoms with E-state index in [1.54, 1.807) is 9.82 Å². The number of anilines is 1. The second-order valence-corrected chi connectivity index (χ2v) is 8.83. The summed E-state index contributed by atoms with van der Waals surface area (Å²) in [5, 5.41) is 8.90. The predicted octanol–water partition coefficient (Wildman–Crippen LogP) is 0.949. The highest BCUT2D eigenvalue weighted by Gasteiger charge is 2.43. The Balaban J connectivity index is 1.75. The van der Waals surface area contributed by atoms with Gasteiger partial charge in [-0.05, 0) is 19.3 Å². The van der Waals surface area contributed by atoms with Crippen LogP contribution in [0.4, 0.5) is 5.13 Å². The zero-order valence-corrected chi connectivity index (χ0v) is 14.4. The smallest absolute Gasteiger partial charge is 0.214 e. The lowest BCUT2D eigenvalue weighted by Crippen LogP contribution is -2.61. The Hall–Kier alpha value is -0.770. The number of aromatic nitrogens is 2. The summed E-state index contributed by atoms with van der Waals surface area (Å²) < 4.78 is 32.4. The first-order chi connectivity index (χ1) is 10.5. The molecule has 3 rings (SSSR count). The molecule has 22 heavy (non-hydrogen) atoms. The first-order valence-electron chi connectivity index (χ1n) is 7.68. The van der Waals surface area contributed by atoms with Gasteiger partial charge in [-0.1, -0.05) is 18.3 Å². The molecule has 1 atom stereocenters. The number of ether oxygens (including phenoxy) is 1. The lowest BCUT2D eigenvalue weighted by atomic mass is 9.92. The van der Waals surface area contributed by atoms with Crippen molar-refractivity contribution in [1.82, 2.24) is 14.5 Å². The third-order valence-electron chi connectivity index (χ3n) is 4.23. The maximum atomic E-state index is 12.4. The molecule has 2 aliphatic heterocycles. The van der Waals surface area contributed by atoms with Crippen LogP contribution < -0.4 is 4.90 Å². The summed E-state index contributed by atoms with van der Waals surface area (Å²) in [5.74, 6) is 0.212. The molecule has 7 nitrogen and oxygen atoms in total. The zero-order valence-electron chi connectivity index (χ0n) is 12.8. The Morgan fingerprint density at radius 3 is 3.00 bits per heavy atom. The Labute approximate surface area is 135 Å².